The Morgan fingerprint density at radius 2 is 1.93 bits per heavy atom. The topological polar surface area (TPSA) is 58.7 Å². The van der Waals surface area contributed by atoms with Gasteiger partial charge in [-0.25, -0.2) is 4.98 Å². The van der Waals surface area contributed by atoms with Crippen LogP contribution in [0, 0.1) is 0 Å². The van der Waals surface area contributed by atoms with Gasteiger partial charge in [0.15, 0.2) is 0 Å². The van der Waals surface area contributed by atoms with Gasteiger partial charge in [-0.3, -0.25) is 4.79 Å². The van der Waals surface area contributed by atoms with E-state index in [1.165, 1.54) is 22.6 Å². The van der Waals surface area contributed by atoms with Gasteiger partial charge in [-0.05, 0) is 53.4 Å². The van der Waals surface area contributed by atoms with Crippen LogP contribution >= 0.6 is 27.3 Å². The van der Waals surface area contributed by atoms with E-state index in [2.05, 4.69) is 46.8 Å². The van der Waals surface area contributed by atoms with Gasteiger partial charge in [0.25, 0.3) is 5.91 Å². The predicted molar refractivity (Wildman–Crippen MR) is 126 cm³/mol. The fraction of sp³-hybridized carbons (Fsp3) is 0.174. The van der Waals surface area contributed by atoms with Crippen LogP contribution in [0.2, 0.25) is 0 Å². The largest absolute Gasteiger partial charge is 0.463 e. The maximum absolute atomic E-state index is 13.3. The summed E-state index contributed by atoms with van der Waals surface area (Å²) < 4.78 is 7.25. The van der Waals surface area contributed by atoms with E-state index in [4.69, 9.17) is 4.42 Å². The number of furan rings is 1. The third-order valence-corrected chi connectivity index (χ3v) is 6.04. The van der Waals surface area contributed by atoms with Crippen LogP contribution in [-0.2, 0) is 5.41 Å². The number of carbonyl (C=O) groups excluding carboxylic acids is 1. The van der Waals surface area contributed by atoms with Crippen LogP contribution in [0.3, 0.4) is 0 Å². The number of hydrogen-bond acceptors (Lipinski definition) is 5. The minimum atomic E-state index is -0.253. The third-order valence-electron chi connectivity index (χ3n) is 4.55. The van der Waals surface area contributed by atoms with Crippen molar-refractivity contribution in [1.82, 2.24) is 4.98 Å². The van der Waals surface area contributed by atoms with E-state index in [1.54, 1.807) is 18.4 Å². The van der Waals surface area contributed by atoms with Crippen molar-refractivity contribution in [3.8, 4) is 0 Å². The van der Waals surface area contributed by atoms with Crippen molar-refractivity contribution in [1.29, 1.82) is 0 Å². The summed E-state index contributed by atoms with van der Waals surface area (Å²) in [5, 5.41) is 6.23. The van der Waals surface area contributed by atoms with Crippen LogP contribution in [0.1, 0.15) is 42.5 Å². The molecule has 0 aliphatic carbocycles. The first kappa shape index (κ1) is 20.5. The number of anilines is 1. The number of thiazole rings is 1. The summed E-state index contributed by atoms with van der Waals surface area (Å²) in [6, 6.07) is 17.0. The van der Waals surface area contributed by atoms with E-state index < -0.39 is 0 Å². The molecule has 0 fully saturated rings. The molecule has 2 aromatic carbocycles. The molecule has 0 saturated carbocycles. The first-order valence-corrected chi connectivity index (χ1v) is 11.0. The summed E-state index contributed by atoms with van der Waals surface area (Å²) in [7, 11) is 0. The standard InChI is InChI=1S/C23H20BrN3O2S/c1-23(2,3)16-8-6-15(7-9-16)21(28)27(25-14-18-5-4-12-29-18)22-26-19-11-10-17(24)13-20(19)30-22/h4-14H,1-3H3/b25-14+. The van der Waals surface area contributed by atoms with Crippen molar-refractivity contribution >= 4 is 54.7 Å². The van der Waals surface area contributed by atoms with E-state index in [-0.39, 0.29) is 11.3 Å². The predicted octanol–water partition coefficient (Wildman–Crippen LogP) is 6.63. The zero-order valence-corrected chi connectivity index (χ0v) is 19.2. The minimum absolute atomic E-state index is 0.0130. The number of halogens is 1. The molecule has 0 unspecified atom stereocenters. The normalized spacial score (nSPS) is 12.0. The molecule has 30 heavy (non-hydrogen) atoms. The molecular weight excluding hydrogens is 462 g/mol. The molecule has 1 amide bonds. The van der Waals surface area contributed by atoms with Gasteiger partial charge < -0.3 is 4.42 Å². The summed E-state index contributed by atoms with van der Waals surface area (Å²) in [6.45, 7) is 6.43. The van der Waals surface area contributed by atoms with Crippen molar-refractivity contribution < 1.29 is 9.21 Å². The number of hydrazone groups is 1. The van der Waals surface area contributed by atoms with Crippen LogP contribution in [0.4, 0.5) is 5.13 Å². The lowest BCUT2D eigenvalue weighted by Crippen LogP contribution is -2.25. The lowest BCUT2D eigenvalue weighted by atomic mass is 9.87. The zero-order valence-electron chi connectivity index (χ0n) is 16.8. The number of rotatable bonds is 4. The van der Waals surface area contributed by atoms with E-state index in [9.17, 15) is 4.79 Å². The van der Waals surface area contributed by atoms with Crippen molar-refractivity contribution in [3.05, 3.63) is 82.2 Å². The van der Waals surface area contributed by atoms with Crippen LogP contribution in [-0.4, -0.2) is 17.1 Å². The highest BCUT2D eigenvalue weighted by molar-refractivity contribution is 9.10. The van der Waals surface area contributed by atoms with Gasteiger partial charge in [-0.15, -0.1) is 0 Å². The second-order valence-corrected chi connectivity index (χ2v) is 9.74. The number of amides is 1. The third kappa shape index (κ3) is 4.37. The van der Waals surface area contributed by atoms with Crippen LogP contribution in [0.25, 0.3) is 10.2 Å². The number of carbonyl (C=O) groups is 1. The molecule has 0 aliphatic heterocycles. The fourth-order valence-electron chi connectivity index (χ4n) is 2.88. The quantitative estimate of drug-likeness (QED) is 0.242. The summed E-state index contributed by atoms with van der Waals surface area (Å²) in [5.74, 6) is 0.302. The smallest absolute Gasteiger partial charge is 0.280 e. The maximum atomic E-state index is 13.3. The number of aromatic nitrogens is 1. The van der Waals surface area contributed by atoms with Gasteiger partial charge in [0.05, 0.1) is 22.7 Å². The Balaban J connectivity index is 1.73. The molecule has 0 aliphatic rings. The molecule has 4 rings (SSSR count). The Morgan fingerprint density at radius 3 is 2.60 bits per heavy atom. The van der Waals surface area contributed by atoms with Crippen molar-refractivity contribution in [2.24, 2.45) is 5.10 Å². The molecule has 152 valence electrons. The highest BCUT2D eigenvalue weighted by Gasteiger charge is 2.22. The van der Waals surface area contributed by atoms with Gasteiger partial charge in [0.1, 0.15) is 5.76 Å². The molecule has 2 heterocycles. The summed E-state index contributed by atoms with van der Waals surface area (Å²) in [5.41, 5.74) is 2.53. The Hall–Kier alpha value is -2.77. The number of benzene rings is 2. The fourth-order valence-corrected chi connectivity index (χ4v) is 4.35. The molecule has 7 heteroatoms. The first-order valence-electron chi connectivity index (χ1n) is 9.40. The Labute approximate surface area is 187 Å². The number of hydrogen-bond donors (Lipinski definition) is 0. The average Bonchev–Trinajstić information content (AvgIpc) is 3.37. The molecule has 2 aromatic heterocycles. The van der Waals surface area contributed by atoms with Gasteiger partial charge in [0, 0.05) is 10.0 Å². The van der Waals surface area contributed by atoms with Crippen molar-refractivity contribution in [2.45, 2.75) is 26.2 Å². The monoisotopic (exact) mass is 481 g/mol. The van der Waals surface area contributed by atoms with E-state index in [0.29, 0.717) is 16.5 Å². The summed E-state index contributed by atoms with van der Waals surface area (Å²) in [6.07, 6.45) is 3.08. The van der Waals surface area contributed by atoms with E-state index in [0.717, 1.165) is 20.3 Å². The van der Waals surface area contributed by atoms with Crippen LogP contribution in [0.15, 0.2) is 74.9 Å². The second kappa shape index (κ2) is 8.16. The molecule has 0 bridgehead atoms. The Kier molecular flexibility index (Phi) is 5.58. The van der Waals surface area contributed by atoms with Gasteiger partial charge in [-0.1, -0.05) is 60.2 Å². The Morgan fingerprint density at radius 1 is 1.17 bits per heavy atom. The molecule has 0 N–H and O–H groups in total. The highest BCUT2D eigenvalue weighted by Crippen LogP contribution is 2.32. The lowest BCUT2D eigenvalue weighted by Gasteiger charge is -2.19. The highest BCUT2D eigenvalue weighted by atomic mass is 79.9. The summed E-state index contributed by atoms with van der Waals surface area (Å²) >= 11 is 4.89. The molecule has 5 nitrogen and oxygen atoms in total. The van der Waals surface area contributed by atoms with Crippen LogP contribution in [0.5, 0.6) is 0 Å². The molecule has 0 atom stereocenters. The minimum Gasteiger partial charge on any atom is -0.463 e. The molecule has 4 aromatic rings. The van der Waals surface area contributed by atoms with Crippen LogP contribution < -0.4 is 5.01 Å². The maximum Gasteiger partial charge on any atom is 0.280 e. The van der Waals surface area contributed by atoms with E-state index in [1.807, 2.05) is 42.5 Å². The number of fused-ring (bicyclic) bond motifs is 1. The lowest BCUT2D eigenvalue weighted by molar-refractivity contribution is 0.0988. The molecular formula is C23H20BrN3O2S. The van der Waals surface area contributed by atoms with Gasteiger partial charge >= 0.3 is 0 Å². The molecule has 0 spiro atoms. The van der Waals surface area contributed by atoms with Crippen molar-refractivity contribution in [2.75, 3.05) is 5.01 Å². The first-order chi connectivity index (χ1) is 14.3. The second-order valence-electron chi connectivity index (χ2n) is 7.81. The number of nitrogens with zero attached hydrogens (tertiary/aromatic N) is 3. The van der Waals surface area contributed by atoms with Gasteiger partial charge in [0.2, 0.25) is 5.13 Å². The SMILES string of the molecule is CC(C)(C)c1ccc(C(=O)N(/N=C/c2ccco2)c2nc3ccc(Br)cc3s2)cc1. The zero-order chi connectivity index (χ0) is 21.3. The molecule has 0 saturated heterocycles. The van der Waals surface area contributed by atoms with E-state index >= 15 is 0 Å². The molecule has 0 radical (unpaired) electrons. The Bertz CT molecular complexity index is 1210. The van der Waals surface area contributed by atoms with Gasteiger partial charge in [-0.2, -0.15) is 10.1 Å². The summed E-state index contributed by atoms with van der Waals surface area (Å²) in [4.78, 5) is 18.0. The van der Waals surface area contributed by atoms with Crippen molar-refractivity contribution in [3.63, 3.8) is 0 Å². The average molecular weight is 482 g/mol.